The van der Waals surface area contributed by atoms with E-state index in [2.05, 4.69) is 22.0 Å². The van der Waals surface area contributed by atoms with E-state index >= 15 is 0 Å². The number of rotatable bonds is 5. The lowest BCUT2D eigenvalue weighted by molar-refractivity contribution is -0.121. The molecule has 0 saturated heterocycles. The fourth-order valence-corrected chi connectivity index (χ4v) is 2.82. The van der Waals surface area contributed by atoms with E-state index in [4.69, 9.17) is 4.74 Å². The molecule has 0 unspecified atom stereocenters. The fraction of sp³-hybridized carbons (Fsp3) is 0.278. The third kappa shape index (κ3) is 4.10. The van der Waals surface area contributed by atoms with Gasteiger partial charge in [-0.3, -0.25) is 4.79 Å². The Bertz CT molecular complexity index is 640. The summed E-state index contributed by atoms with van der Waals surface area (Å²) in [6.07, 6.45) is 0.721. The summed E-state index contributed by atoms with van der Waals surface area (Å²) in [5.74, 6) is 0.804. The average Bonchev–Trinajstić information content (AvgIpc) is 2.53. The molecule has 2 rings (SSSR count). The number of carbonyl (C=O) groups excluding carboxylic acids is 1. The van der Waals surface area contributed by atoms with E-state index in [1.807, 2.05) is 56.4 Å². The maximum Gasteiger partial charge on any atom is 0.229 e. The first-order chi connectivity index (χ1) is 10.5. The van der Waals surface area contributed by atoms with E-state index in [0.29, 0.717) is 0 Å². The Morgan fingerprint density at radius 1 is 1.23 bits per heavy atom. The zero-order valence-corrected chi connectivity index (χ0v) is 14.6. The quantitative estimate of drug-likeness (QED) is 0.794. The Hall–Kier alpha value is -1.81. The van der Waals surface area contributed by atoms with Gasteiger partial charge in [0.1, 0.15) is 5.75 Å². The molecule has 1 amide bonds. The van der Waals surface area contributed by atoms with Crippen molar-refractivity contribution in [2.45, 2.75) is 13.3 Å². The number of carbonyl (C=O) groups is 1. The number of amides is 1. The van der Waals surface area contributed by atoms with Crippen LogP contribution in [0.15, 0.2) is 53.0 Å². The third-order valence-corrected chi connectivity index (χ3v) is 4.14. The molecule has 2 aromatic rings. The van der Waals surface area contributed by atoms with E-state index in [1.54, 1.807) is 12.0 Å². The van der Waals surface area contributed by atoms with Crippen LogP contribution in [0.1, 0.15) is 12.5 Å². The molecular weight excluding hydrogens is 342 g/mol. The minimum Gasteiger partial charge on any atom is -0.497 e. The van der Waals surface area contributed by atoms with Gasteiger partial charge < -0.3 is 9.64 Å². The van der Waals surface area contributed by atoms with Crippen molar-refractivity contribution >= 4 is 27.5 Å². The number of benzene rings is 2. The smallest absolute Gasteiger partial charge is 0.229 e. The summed E-state index contributed by atoms with van der Waals surface area (Å²) in [6, 6.07) is 15.6. The van der Waals surface area contributed by atoms with Crippen molar-refractivity contribution < 1.29 is 9.53 Å². The molecule has 0 aliphatic rings. The average molecular weight is 362 g/mol. The predicted octanol–water partition coefficient (Wildman–Crippen LogP) is 4.30. The van der Waals surface area contributed by atoms with Gasteiger partial charge in [-0.25, -0.2) is 0 Å². The van der Waals surface area contributed by atoms with Crippen molar-refractivity contribution in [3.05, 3.63) is 58.6 Å². The SMILES string of the molecule is COc1ccc(N(C)C(=O)[C@@H](C)Cc2cccc(Br)c2)cc1. The Labute approximate surface area is 140 Å². The molecule has 0 spiro atoms. The normalized spacial score (nSPS) is 11.8. The molecule has 0 heterocycles. The molecule has 0 aliphatic carbocycles. The fourth-order valence-electron chi connectivity index (χ4n) is 2.37. The molecule has 0 radical (unpaired) electrons. The second-order valence-electron chi connectivity index (χ2n) is 5.33. The molecule has 0 fully saturated rings. The molecule has 0 saturated carbocycles. The standard InChI is InChI=1S/C18H20BrNO2/c1-13(11-14-5-4-6-15(19)12-14)18(21)20(2)16-7-9-17(22-3)10-8-16/h4-10,12-13H,11H2,1-3H3/t13-/m0/s1. The largest absolute Gasteiger partial charge is 0.497 e. The van der Waals surface area contributed by atoms with E-state index in [0.717, 1.165) is 27.9 Å². The van der Waals surface area contributed by atoms with Crippen LogP contribution in [0.25, 0.3) is 0 Å². The minimum absolute atomic E-state index is 0.0820. The second-order valence-corrected chi connectivity index (χ2v) is 6.25. The molecule has 1 atom stereocenters. The first kappa shape index (κ1) is 16.6. The molecule has 0 N–H and O–H groups in total. The third-order valence-electron chi connectivity index (χ3n) is 3.64. The molecule has 22 heavy (non-hydrogen) atoms. The molecule has 3 nitrogen and oxygen atoms in total. The van der Waals surface area contributed by atoms with Crippen LogP contribution in [-0.4, -0.2) is 20.1 Å². The van der Waals surface area contributed by atoms with Gasteiger partial charge in [-0.1, -0.05) is 35.0 Å². The minimum atomic E-state index is -0.0820. The summed E-state index contributed by atoms with van der Waals surface area (Å²) in [5, 5.41) is 0. The molecule has 0 aliphatic heterocycles. The van der Waals surface area contributed by atoms with Crippen LogP contribution in [-0.2, 0) is 11.2 Å². The highest BCUT2D eigenvalue weighted by Gasteiger charge is 2.19. The van der Waals surface area contributed by atoms with Gasteiger partial charge in [-0.15, -0.1) is 0 Å². The van der Waals surface area contributed by atoms with Gasteiger partial charge in [0.05, 0.1) is 7.11 Å². The summed E-state index contributed by atoms with van der Waals surface area (Å²) in [5.41, 5.74) is 2.02. The van der Waals surface area contributed by atoms with Crippen LogP contribution >= 0.6 is 15.9 Å². The maximum atomic E-state index is 12.6. The topological polar surface area (TPSA) is 29.5 Å². The Morgan fingerprint density at radius 2 is 1.91 bits per heavy atom. The monoisotopic (exact) mass is 361 g/mol. The van der Waals surface area contributed by atoms with E-state index in [1.165, 1.54) is 0 Å². The molecule has 0 bridgehead atoms. The van der Waals surface area contributed by atoms with Gasteiger partial charge in [0.25, 0.3) is 0 Å². The van der Waals surface area contributed by atoms with Crippen molar-refractivity contribution in [1.29, 1.82) is 0 Å². The van der Waals surface area contributed by atoms with Crippen LogP contribution in [0.4, 0.5) is 5.69 Å². The van der Waals surface area contributed by atoms with Crippen molar-refractivity contribution in [2.75, 3.05) is 19.1 Å². The number of anilines is 1. The lowest BCUT2D eigenvalue weighted by atomic mass is 10.00. The van der Waals surface area contributed by atoms with Gasteiger partial charge in [0.15, 0.2) is 0 Å². The maximum absolute atomic E-state index is 12.6. The zero-order chi connectivity index (χ0) is 16.1. The summed E-state index contributed by atoms with van der Waals surface area (Å²) >= 11 is 3.46. The number of methoxy groups -OCH3 is 1. The van der Waals surface area contributed by atoms with Crippen molar-refractivity contribution in [3.8, 4) is 5.75 Å². The number of nitrogens with zero attached hydrogens (tertiary/aromatic N) is 1. The van der Waals surface area contributed by atoms with E-state index in [-0.39, 0.29) is 11.8 Å². The summed E-state index contributed by atoms with van der Waals surface area (Å²) in [7, 11) is 3.44. The van der Waals surface area contributed by atoms with Crippen molar-refractivity contribution in [2.24, 2.45) is 5.92 Å². The van der Waals surface area contributed by atoms with Gasteiger partial charge in [-0.05, 0) is 48.4 Å². The summed E-state index contributed by atoms with van der Waals surface area (Å²) in [6.45, 7) is 1.96. The highest BCUT2D eigenvalue weighted by atomic mass is 79.9. The Kier molecular flexibility index (Phi) is 5.61. The number of ether oxygens (including phenoxy) is 1. The van der Waals surface area contributed by atoms with Gasteiger partial charge in [0, 0.05) is 23.1 Å². The predicted molar refractivity (Wildman–Crippen MR) is 93.4 cm³/mol. The van der Waals surface area contributed by atoms with Crippen LogP contribution in [0.2, 0.25) is 0 Å². The Morgan fingerprint density at radius 3 is 2.50 bits per heavy atom. The summed E-state index contributed by atoms with van der Waals surface area (Å²) in [4.78, 5) is 14.3. The molecule has 0 aromatic heterocycles. The summed E-state index contributed by atoms with van der Waals surface area (Å²) < 4.78 is 6.17. The molecule has 116 valence electrons. The van der Waals surface area contributed by atoms with Gasteiger partial charge in [0.2, 0.25) is 5.91 Å². The second kappa shape index (κ2) is 7.45. The first-order valence-electron chi connectivity index (χ1n) is 7.17. The zero-order valence-electron chi connectivity index (χ0n) is 13.0. The first-order valence-corrected chi connectivity index (χ1v) is 7.96. The van der Waals surface area contributed by atoms with Crippen molar-refractivity contribution in [1.82, 2.24) is 0 Å². The van der Waals surface area contributed by atoms with Gasteiger partial charge >= 0.3 is 0 Å². The number of hydrogen-bond acceptors (Lipinski definition) is 2. The van der Waals surface area contributed by atoms with Crippen LogP contribution in [0.5, 0.6) is 5.75 Å². The lowest BCUT2D eigenvalue weighted by Gasteiger charge is -2.22. The van der Waals surface area contributed by atoms with Gasteiger partial charge in [-0.2, -0.15) is 0 Å². The number of halogens is 1. The molecule has 4 heteroatoms. The lowest BCUT2D eigenvalue weighted by Crippen LogP contribution is -2.32. The Balaban J connectivity index is 2.05. The van der Waals surface area contributed by atoms with E-state index in [9.17, 15) is 4.79 Å². The molecular formula is C18H20BrNO2. The van der Waals surface area contributed by atoms with Crippen LogP contribution in [0, 0.1) is 5.92 Å². The van der Waals surface area contributed by atoms with Crippen molar-refractivity contribution in [3.63, 3.8) is 0 Å². The highest BCUT2D eigenvalue weighted by Crippen LogP contribution is 2.21. The highest BCUT2D eigenvalue weighted by molar-refractivity contribution is 9.10. The van der Waals surface area contributed by atoms with Crippen LogP contribution in [0.3, 0.4) is 0 Å². The number of hydrogen-bond donors (Lipinski definition) is 0. The van der Waals surface area contributed by atoms with Crippen LogP contribution < -0.4 is 9.64 Å². The van der Waals surface area contributed by atoms with E-state index < -0.39 is 0 Å². The molecule has 2 aromatic carbocycles.